The number of rotatable bonds is 7. The maximum absolute atomic E-state index is 4.37. The van der Waals surface area contributed by atoms with Gasteiger partial charge in [-0.15, -0.1) is 11.8 Å². The Kier molecular flexibility index (Phi) is 6.13. The van der Waals surface area contributed by atoms with Crippen molar-refractivity contribution in [1.82, 2.24) is 15.1 Å². The number of nitrogens with zero attached hydrogens (tertiary/aromatic N) is 2. The number of halogens is 1. The minimum Gasteiger partial charge on any atom is -0.309 e. The van der Waals surface area contributed by atoms with Crippen LogP contribution in [0.25, 0.3) is 0 Å². The molecule has 5 heteroatoms. The second-order valence-corrected chi connectivity index (χ2v) is 6.51. The molecule has 0 fully saturated rings. The van der Waals surface area contributed by atoms with Crippen LogP contribution < -0.4 is 5.32 Å². The maximum Gasteiger partial charge on any atom is 0.0537 e. The quantitative estimate of drug-likeness (QED) is 0.759. The van der Waals surface area contributed by atoms with Crippen LogP contribution >= 0.6 is 27.7 Å². The number of thioether (sulfide) groups is 1. The van der Waals surface area contributed by atoms with E-state index >= 15 is 0 Å². The molecule has 0 saturated heterocycles. The predicted octanol–water partition coefficient (Wildman–Crippen LogP) is 4.11. The summed E-state index contributed by atoms with van der Waals surface area (Å²) in [6.07, 6.45) is 4.11. The van der Waals surface area contributed by atoms with E-state index in [1.165, 1.54) is 10.5 Å². The Hall–Kier alpha value is -0.780. The molecule has 0 spiro atoms. The molecule has 1 aromatic heterocycles. The first kappa shape index (κ1) is 15.6. The van der Waals surface area contributed by atoms with Crippen molar-refractivity contribution in [1.29, 1.82) is 0 Å². The van der Waals surface area contributed by atoms with Gasteiger partial charge in [0, 0.05) is 39.5 Å². The number of aromatic nitrogens is 2. The zero-order valence-corrected chi connectivity index (χ0v) is 14.2. The summed E-state index contributed by atoms with van der Waals surface area (Å²) in [7, 11) is 0. The lowest BCUT2D eigenvalue weighted by Crippen LogP contribution is -2.22. The van der Waals surface area contributed by atoms with Crippen molar-refractivity contribution in [2.75, 3.05) is 12.3 Å². The van der Waals surface area contributed by atoms with Crippen molar-refractivity contribution in [3.63, 3.8) is 0 Å². The van der Waals surface area contributed by atoms with Gasteiger partial charge in [0.2, 0.25) is 0 Å². The molecule has 0 radical (unpaired) electrons. The highest BCUT2D eigenvalue weighted by Crippen LogP contribution is 2.25. The van der Waals surface area contributed by atoms with Crippen molar-refractivity contribution in [2.45, 2.75) is 31.3 Å². The summed E-state index contributed by atoms with van der Waals surface area (Å²) in [6.45, 7) is 6.12. The van der Waals surface area contributed by atoms with Crippen molar-refractivity contribution < 1.29 is 0 Å². The molecule has 1 unspecified atom stereocenters. The molecule has 0 aliphatic carbocycles. The Balaban J connectivity index is 2.00. The minimum atomic E-state index is 0.342. The third kappa shape index (κ3) is 4.36. The summed E-state index contributed by atoms with van der Waals surface area (Å²) < 4.78 is 3.10. The molecule has 0 bridgehead atoms. The van der Waals surface area contributed by atoms with Gasteiger partial charge in [0.25, 0.3) is 0 Å². The fourth-order valence-corrected chi connectivity index (χ4v) is 3.22. The van der Waals surface area contributed by atoms with Gasteiger partial charge in [0.05, 0.1) is 6.20 Å². The van der Waals surface area contributed by atoms with Crippen LogP contribution in [-0.2, 0) is 6.54 Å². The largest absolute Gasteiger partial charge is 0.309 e. The zero-order chi connectivity index (χ0) is 14.4. The highest BCUT2D eigenvalue weighted by molar-refractivity contribution is 9.10. The topological polar surface area (TPSA) is 29.9 Å². The average Bonchev–Trinajstić information content (AvgIpc) is 2.94. The van der Waals surface area contributed by atoms with Crippen molar-refractivity contribution in [2.24, 2.45) is 0 Å². The van der Waals surface area contributed by atoms with Crippen molar-refractivity contribution in [3.05, 3.63) is 46.7 Å². The van der Waals surface area contributed by atoms with Crippen LogP contribution in [0.5, 0.6) is 0 Å². The van der Waals surface area contributed by atoms with Gasteiger partial charge in [-0.25, -0.2) is 0 Å². The Morgan fingerprint density at radius 3 is 2.65 bits per heavy atom. The van der Waals surface area contributed by atoms with Crippen LogP contribution in [0.2, 0.25) is 0 Å². The molecule has 108 valence electrons. The molecule has 2 aromatic rings. The van der Waals surface area contributed by atoms with E-state index in [0.717, 1.165) is 23.3 Å². The van der Waals surface area contributed by atoms with E-state index < -0.39 is 0 Å². The molecule has 1 atom stereocenters. The first-order valence-corrected chi connectivity index (χ1v) is 8.65. The summed E-state index contributed by atoms with van der Waals surface area (Å²) in [4.78, 5) is 1.29. The Labute approximate surface area is 133 Å². The number of aryl methyl sites for hydroxylation is 1. The molecule has 0 saturated carbocycles. The summed E-state index contributed by atoms with van der Waals surface area (Å²) >= 11 is 5.33. The van der Waals surface area contributed by atoms with Gasteiger partial charge in [-0.3, -0.25) is 4.68 Å². The number of hydrogen-bond acceptors (Lipinski definition) is 3. The molecular formula is C15H20BrN3S. The van der Waals surface area contributed by atoms with E-state index in [0.29, 0.717) is 6.04 Å². The van der Waals surface area contributed by atoms with Crippen molar-refractivity contribution in [3.8, 4) is 0 Å². The smallest absolute Gasteiger partial charge is 0.0537 e. The van der Waals surface area contributed by atoms with Gasteiger partial charge in [0.15, 0.2) is 0 Å². The molecule has 1 aromatic carbocycles. The summed E-state index contributed by atoms with van der Waals surface area (Å²) in [6, 6.07) is 8.80. The van der Waals surface area contributed by atoms with E-state index in [1.807, 2.05) is 22.6 Å². The van der Waals surface area contributed by atoms with Gasteiger partial charge >= 0.3 is 0 Å². The average molecular weight is 354 g/mol. The lowest BCUT2D eigenvalue weighted by molar-refractivity contribution is 0.603. The lowest BCUT2D eigenvalue weighted by Gasteiger charge is -2.16. The minimum absolute atomic E-state index is 0.342. The Morgan fingerprint density at radius 1 is 1.30 bits per heavy atom. The van der Waals surface area contributed by atoms with E-state index in [4.69, 9.17) is 0 Å². The molecule has 0 aliphatic rings. The van der Waals surface area contributed by atoms with Gasteiger partial charge in [-0.1, -0.05) is 22.9 Å². The Bertz CT molecular complexity index is 524. The Morgan fingerprint density at radius 2 is 2.05 bits per heavy atom. The second-order valence-electron chi connectivity index (χ2n) is 4.50. The third-order valence-electron chi connectivity index (χ3n) is 3.06. The monoisotopic (exact) mass is 353 g/mol. The summed E-state index contributed by atoms with van der Waals surface area (Å²) in [5, 5.41) is 7.90. The summed E-state index contributed by atoms with van der Waals surface area (Å²) in [5.74, 6) is 1.00. The predicted molar refractivity (Wildman–Crippen MR) is 89.2 cm³/mol. The first-order chi connectivity index (χ1) is 9.72. The van der Waals surface area contributed by atoms with Crippen LogP contribution in [-0.4, -0.2) is 22.1 Å². The normalized spacial score (nSPS) is 12.6. The molecule has 0 aliphatic heterocycles. The van der Waals surface area contributed by atoms with Crippen LogP contribution in [0.15, 0.2) is 46.0 Å². The van der Waals surface area contributed by atoms with E-state index in [-0.39, 0.29) is 0 Å². The zero-order valence-electron chi connectivity index (χ0n) is 11.8. The van der Waals surface area contributed by atoms with E-state index in [2.05, 4.69) is 70.7 Å². The SMILES string of the molecule is CCNC(CSc1ccc(Br)cc1)c1cnn(CC)c1. The van der Waals surface area contributed by atoms with Gasteiger partial charge in [-0.05, 0) is 37.7 Å². The van der Waals surface area contributed by atoms with Gasteiger partial charge in [0.1, 0.15) is 0 Å². The van der Waals surface area contributed by atoms with Crippen LogP contribution in [0.1, 0.15) is 25.5 Å². The first-order valence-electron chi connectivity index (χ1n) is 6.87. The van der Waals surface area contributed by atoms with Crippen LogP contribution in [0, 0.1) is 0 Å². The van der Waals surface area contributed by atoms with E-state index in [9.17, 15) is 0 Å². The van der Waals surface area contributed by atoms with Crippen LogP contribution in [0.4, 0.5) is 0 Å². The number of nitrogens with one attached hydrogen (secondary N) is 1. The molecule has 1 heterocycles. The lowest BCUT2D eigenvalue weighted by atomic mass is 10.2. The molecule has 1 N–H and O–H groups in total. The highest BCUT2D eigenvalue weighted by atomic mass is 79.9. The maximum atomic E-state index is 4.37. The molecule has 20 heavy (non-hydrogen) atoms. The molecule has 3 nitrogen and oxygen atoms in total. The van der Waals surface area contributed by atoms with E-state index in [1.54, 1.807) is 0 Å². The van der Waals surface area contributed by atoms with Gasteiger partial charge < -0.3 is 5.32 Å². The fraction of sp³-hybridized carbons (Fsp3) is 0.400. The summed E-state index contributed by atoms with van der Waals surface area (Å²) in [5.41, 5.74) is 1.26. The second kappa shape index (κ2) is 7.86. The highest BCUT2D eigenvalue weighted by Gasteiger charge is 2.12. The fourth-order valence-electron chi connectivity index (χ4n) is 1.96. The van der Waals surface area contributed by atoms with Gasteiger partial charge in [-0.2, -0.15) is 5.10 Å². The molecular weight excluding hydrogens is 334 g/mol. The number of benzene rings is 1. The van der Waals surface area contributed by atoms with Crippen molar-refractivity contribution >= 4 is 27.7 Å². The standard InChI is InChI=1S/C15H20BrN3S/c1-3-17-15(12-9-18-19(4-2)10-12)11-20-14-7-5-13(16)6-8-14/h5-10,15,17H,3-4,11H2,1-2H3. The van der Waals surface area contributed by atoms with Crippen LogP contribution in [0.3, 0.4) is 0 Å². The third-order valence-corrected chi connectivity index (χ3v) is 4.69. The molecule has 2 rings (SSSR count). The molecule has 0 amide bonds. The number of hydrogen-bond donors (Lipinski definition) is 1.